The molecule has 0 unspecified atom stereocenters. The Hall–Kier alpha value is -1.36. The smallest absolute Gasteiger partial charge is 0.235 e. The molecule has 20 heavy (non-hydrogen) atoms. The quantitative estimate of drug-likeness (QED) is 0.857. The lowest BCUT2D eigenvalue weighted by molar-refractivity contribution is 0.0968. The molecule has 1 aromatic rings. The molecule has 0 N–H and O–H groups in total. The third kappa shape index (κ3) is 2.04. The number of hydrogen-bond acceptors (Lipinski definition) is 3. The molecule has 1 aliphatic heterocycles. The predicted octanol–water partition coefficient (Wildman–Crippen LogP) is 2.70. The van der Waals surface area contributed by atoms with E-state index < -0.39 is 10.0 Å². The van der Waals surface area contributed by atoms with E-state index in [1.807, 2.05) is 19.1 Å². The average Bonchev–Trinajstić information content (AvgIpc) is 2.82. The summed E-state index contributed by atoms with van der Waals surface area (Å²) in [7, 11) is -3.26. The third-order valence-electron chi connectivity index (χ3n) is 4.26. The Bertz CT molecular complexity index is 651. The van der Waals surface area contributed by atoms with Gasteiger partial charge in [0.05, 0.1) is 11.4 Å². The van der Waals surface area contributed by atoms with E-state index in [0.29, 0.717) is 19.4 Å². The third-order valence-corrected chi connectivity index (χ3v) is 6.08. The highest BCUT2D eigenvalue weighted by atomic mass is 32.2. The number of benzene rings is 1. The Kier molecular flexibility index (Phi) is 3.32. The Morgan fingerprint density at radius 2 is 2.15 bits per heavy atom. The summed E-state index contributed by atoms with van der Waals surface area (Å²) in [5.74, 6) is 0.523. The molecule has 0 bridgehead atoms. The molecule has 0 spiro atoms. The summed E-state index contributed by atoms with van der Waals surface area (Å²) in [5.41, 5.74) is 2.42. The Morgan fingerprint density at radius 3 is 2.90 bits per heavy atom. The Labute approximate surface area is 119 Å². The minimum atomic E-state index is -3.26. The van der Waals surface area contributed by atoms with Gasteiger partial charge in [0.1, 0.15) is 0 Å². The molecule has 0 saturated carbocycles. The lowest BCUT2D eigenvalue weighted by Crippen LogP contribution is -2.32. The molecule has 3 rings (SSSR count). The van der Waals surface area contributed by atoms with Gasteiger partial charge in [0, 0.05) is 24.4 Å². The molecular weight excluding hydrogens is 274 g/mol. The highest BCUT2D eigenvalue weighted by molar-refractivity contribution is 7.92. The molecule has 108 valence electrons. The van der Waals surface area contributed by atoms with E-state index in [-0.39, 0.29) is 17.5 Å². The average molecular weight is 293 g/mol. The van der Waals surface area contributed by atoms with E-state index in [4.69, 9.17) is 0 Å². The predicted molar refractivity (Wildman–Crippen MR) is 78.8 cm³/mol. The lowest BCUT2D eigenvalue weighted by Gasteiger charge is -2.19. The standard InChI is InChI=1S/C15H19NO3S/c1-2-3-9-20(18,19)16-10-11-7-8-14(17)12-5-4-6-13(16)15(11)12/h4-6,11H,2-3,7-10H2,1H3/t11-/m0/s1. The molecule has 1 heterocycles. The van der Waals surface area contributed by atoms with Gasteiger partial charge in [0.25, 0.3) is 0 Å². The van der Waals surface area contributed by atoms with E-state index in [0.717, 1.165) is 29.7 Å². The minimum absolute atomic E-state index is 0.144. The van der Waals surface area contributed by atoms with Crippen molar-refractivity contribution >= 4 is 21.5 Å². The summed E-state index contributed by atoms with van der Waals surface area (Å²) < 4.78 is 26.5. The molecule has 0 aromatic heterocycles. The molecular formula is C15H19NO3S. The molecule has 0 saturated heterocycles. The number of hydrogen-bond donors (Lipinski definition) is 0. The van der Waals surface area contributed by atoms with Crippen LogP contribution < -0.4 is 4.31 Å². The number of rotatable bonds is 4. The Balaban J connectivity index is 2.03. The summed E-state index contributed by atoms with van der Waals surface area (Å²) in [6, 6.07) is 5.46. The molecule has 0 fully saturated rings. The van der Waals surface area contributed by atoms with Crippen molar-refractivity contribution in [2.45, 2.75) is 38.5 Å². The van der Waals surface area contributed by atoms with Crippen LogP contribution in [0.3, 0.4) is 0 Å². The van der Waals surface area contributed by atoms with Gasteiger partial charge in [0.15, 0.2) is 5.78 Å². The number of carbonyl (C=O) groups is 1. The molecule has 4 nitrogen and oxygen atoms in total. The fourth-order valence-corrected chi connectivity index (χ4v) is 4.95. The van der Waals surface area contributed by atoms with Crippen molar-refractivity contribution in [1.29, 1.82) is 0 Å². The van der Waals surface area contributed by atoms with Gasteiger partial charge in [-0.05, 0) is 24.5 Å². The number of ketones is 1. The van der Waals surface area contributed by atoms with Crippen LogP contribution in [0.25, 0.3) is 0 Å². The number of carbonyl (C=O) groups excluding carboxylic acids is 1. The molecule has 5 heteroatoms. The van der Waals surface area contributed by atoms with Gasteiger partial charge < -0.3 is 0 Å². The van der Waals surface area contributed by atoms with Crippen molar-refractivity contribution < 1.29 is 13.2 Å². The van der Waals surface area contributed by atoms with E-state index in [2.05, 4.69) is 0 Å². The second kappa shape index (κ2) is 4.88. The van der Waals surface area contributed by atoms with Crippen LogP contribution >= 0.6 is 0 Å². The number of sulfonamides is 1. The van der Waals surface area contributed by atoms with Crippen molar-refractivity contribution in [2.75, 3.05) is 16.6 Å². The number of anilines is 1. The zero-order chi connectivity index (χ0) is 14.3. The first kappa shape index (κ1) is 13.6. The number of Topliss-reactive ketones (excluding diaryl/α,β-unsaturated/α-hetero) is 1. The fourth-order valence-electron chi connectivity index (χ4n) is 3.21. The van der Waals surface area contributed by atoms with Gasteiger partial charge in [-0.2, -0.15) is 0 Å². The van der Waals surface area contributed by atoms with E-state index in [1.54, 1.807) is 6.07 Å². The summed E-state index contributed by atoms with van der Waals surface area (Å²) in [6.07, 6.45) is 2.84. The number of nitrogens with zero attached hydrogens (tertiary/aromatic N) is 1. The largest absolute Gasteiger partial charge is 0.294 e. The van der Waals surface area contributed by atoms with Gasteiger partial charge in [-0.25, -0.2) is 8.42 Å². The maximum Gasteiger partial charge on any atom is 0.235 e. The van der Waals surface area contributed by atoms with Crippen LogP contribution in [0.1, 0.15) is 54.4 Å². The SMILES string of the molecule is CCCCS(=O)(=O)N1C[C@@H]2CCC(=O)c3cccc1c32. The second-order valence-electron chi connectivity index (χ2n) is 5.60. The van der Waals surface area contributed by atoms with Gasteiger partial charge in [-0.3, -0.25) is 9.10 Å². The monoisotopic (exact) mass is 293 g/mol. The van der Waals surface area contributed by atoms with Gasteiger partial charge in [-0.1, -0.05) is 25.5 Å². The van der Waals surface area contributed by atoms with Crippen LogP contribution in [0.4, 0.5) is 5.69 Å². The maximum absolute atomic E-state index is 12.5. The summed E-state index contributed by atoms with van der Waals surface area (Å²) >= 11 is 0. The normalized spacial score (nSPS) is 21.1. The first-order chi connectivity index (χ1) is 9.54. The zero-order valence-electron chi connectivity index (χ0n) is 11.6. The van der Waals surface area contributed by atoms with E-state index in [1.165, 1.54) is 4.31 Å². The molecule has 1 aliphatic carbocycles. The highest BCUT2D eigenvalue weighted by Gasteiger charge is 2.39. The number of unbranched alkanes of at least 4 members (excludes halogenated alkanes) is 1. The molecule has 0 amide bonds. The van der Waals surface area contributed by atoms with Crippen LogP contribution in [-0.4, -0.2) is 26.5 Å². The van der Waals surface area contributed by atoms with Crippen LogP contribution in [0.15, 0.2) is 18.2 Å². The summed E-state index contributed by atoms with van der Waals surface area (Å²) in [5, 5.41) is 0. The summed E-state index contributed by atoms with van der Waals surface area (Å²) in [4.78, 5) is 12.0. The zero-order valence-corrected chi connectivity index (χ0v) is 12.4. The van der Waals surface area contributed by atoms with E-state index >= 15 is 0 Å². The van der Waals surface area contributed by atoms with Gasteiger partial charge in [0.2, 0.25) is 10.0 Å². The van der Waals surface area contributed by atoms with Crippen LogP contribution in [0.5, 0.6) is 0 Å². The lowest BCUT2D eigenvalue weighted by atomic mass is 9.83. The second-order valence-corrected chi connectivity index (χ2v) is 7.61. The fraction of sp³-hybridized carbons (Fsp3) is 0.533. The van der Waals surface area contributed by atoms with Crippen molar-refractivity contribution in [3.05, 3.63) is 29.3 Å². The topological polar surface area (TPSA) is 54.5 Å². The maximum atomic E-state index is 12.5. The van der Waals surface area contributed by atoms with Crippen molar-refractivity contribution in [2.24, 2.45) is 0 Å². The van der Waals surface area contributed by atoms with Gasteiger partial charge >= 0.3 is 0 Å². The first-order valence-corrected chi connectivity index (χ1v) is 8.82. The molecule has 2 aliphatic rings. The highest BCUT2D eigenvalue weighted by Crippen LogP contribution is 2.45. The minimum Gasteiger partial charge on any atom is -0.294 e. The molecule has 1 atom stereocenters. The first-order valence-electron chi connectivity index (χ1n) is 7.21. The van der Waals surface area contributed by atoms with Crippen molar-refractivity contribution in [3.63, 3.8) is 0 Å². The van der Waals surface area contributed by atoms with E-state index in [9.17, 15) is 13.2 Å². The molecule has 1 aromatic carbocycles. The Morgan fingerprint density at radius 1 is 1.35 bits per heavy atom. The summed E-state index contributed by atoms with van der Waals surface area (Å²) in [6.45, 7) is 2.49. The molecule has 0 radical (unpaired) electrons. The van der Waals surface area contributed by atoms with Crippen molar-refractivity contribution in [3.8, 4) is 0 Å². The van der Waals surface area contributed by atoms with Crippen molar-refractivity contribution in [1.82, 2.24) is 0 Å². The van der Waals surface area contributed by atoms with Gasteiger partial charge in [-0.15, -0.1) is 0 Å². The van der Waals surface area contributed by atoms with Crippen LogP contribution in [-0.2, 0) is 10.0 Å². The van der Waals surface area contributed by atoms with Crippen LogP contribution in [0.2, 0.25) is 0 Å². The van der Waals surface area contributed by atoms with Crippen LogP contribution in [0, 0.1) is 0 Å².